The van der Waals surface area contributed by atoms with Crippen molar-refractivity contribution in [2.75, 3.05) is 33.4 Å². The number of rotatable bonds is 6. The van der Waals surface area contributed by atoms with E-state index >= 15 is 0 Å². The summed E-state index contributed by atoms with van der Waals surface area (Å²) in [6.07, 6.45) is 1.81. The standard InChI is InChI=1S/C19H30N4O3/c1-5-23-17(10-16(20-23)13(2)3)19(25)21-11-14-6-7-15(12-21)22(18(14)24)8-9-26-4/h10,13-15H,5-9,11-12H2,1-4H3/t14-,15+/m0/s1. The third kappa shape index (κ3) is 3.49. The van der Waals surface area contributed by atoms with Crippen LogP contribution in [0, 0.1) is 5.92 Å². The van der Waals surface area contributed by atoms with Gasteiger partial charge in [0.15, 0.2) is 0 Å². The minimum atomic E-state index is -0.0999. The number of carbonyl (C=O) groups is 2. The first-order chi connectivity index (χ1) is 12.5. The molecule has 0 unspecified atom stereocenters. The van der Waals surface area contributed by atoms with Crippen LogP contribution >= 0.6 is 0 Å². The maximum Gasteiger partial charge on any atom is 0.272 e. The first kappa shape index (κ1) is 18.9. The van der Waals surface area contributed by atoms with Crippen molar-refractivity contribution < 1.29 is 14.3 Å². The molecule has 144 valence electrons. The maximum absolute atomic E-state index is 13.2. The van der Waals surface area contributed by atoms with E-state index in [0.29, 0.717) is 38.5 Å². The van der Waals surface area contributed by atoms with Crippen LogP contribution in [0.15, 0.2) is 6.07 Å². The van der Waals surface area contributed by atoms with Crippen molar-refractivity contribution in [3.05, 3.63) is 17.5 Å². The second-order valence-electron chi connectivity index (χ2n) is 7.59. The molecule has 3 fully saturated rings. The van der Waals surface area contributed by atoms with Crippen LogP contribution in [-0.4, -0.2) is 70.8 Å². The van der Waals surface area contributed by atoms with Crippen molar-refractivity contribution in [1.82, 2.24) is 19.6 Å². The zero-order valence-corrected chi connectivity index (χ0v) is 16.3. The molecule has 0 radical (unpaired) electrons. The molecule has 1 aromatic heterocycles. The molecule has 3 aliphatic rings. The van der Waals surface area contributed by atoms with Crippen molar-refractivity contribution in [2.24, 2.45) is 5.92 Å². The monoisotopic (exact) mass is 362 g/mol. The maximum atomic E-state index is 13.2. The minimum absolute atomic E-state index is 0.00968. The van der Waals surface area contributed by atoms with E-state index in [9.17, 15) is 9.59 Å². The van der Waals surface area contributed by atoms with Crippen LogP contribution in [-0.2, 0) is 16.1 Å². The van der Waals surface area contributed by atoms with E-state index in [1.807, 2.05) is 22.8 Å². The van der Waals surface area contributed by atoms with E-state index in [0.717, 1.165) is 18.5 Å². The molecule has 0 spiro atoms. The fourth-order valence-corrected chi connectivity index (χ4v) is 3.98. The first-order valence-electron chi connectivity index (χ1n) is 9.62. The number of hydrogen-bond acceptors (Lipinski definition) is 4. The van der Waals surface area contributed by atoms with Crippen LogP contribution in [0.4, 0.5) is 0 Å². The molecule has 0 saturated carbocycles. The molecule has 0 N–H and O–H groups in total. The Balaban J connectivity index is 1.82. The number of aromatic nitrogens is 2. The largest absolute Gasteiger partial charge is 0.383 e. The summed E-state index contributed by atoms with van der Waals surface area (Å²) in [5.74, 6) is 0.336. The Labute approximate surface area is 155 Å². The molecule has 7 nitrogen and oxygen atoms in total. The van der Waals surface area contributed by atoms with Crippen LogP contribution in [0.25, 0.3) is 0 Å². The molecule has 26 heavy (non-hydrogen) atoms. The smallest absolute Gasteiger partial charge is 0.272 e. The third-order valence-electron chi connectivity index (χ3n) is 5.53. The summed E-state index contributed by atoms with van der Waals surface area (Å²) in [4.78, 5) is 29.8. The van der Waals surface area contributed by atoms with Gasteiger partial charge in [0.25, 0.3) is 5.91 Å². The van der Waals surface area contributed by atoms with Crippen molar-refractivity contribution in [1.29, 1.82) is 0 Å². The fraction of sp³-hybridized carbons (Fsp3) is 0.737. The highest BCUT2D eigenvalue weighted by Gasteiger charge is 2.42. The quantitative estimate of drug-likeness (QED) is 0.773. The first-order valence-corrected chi connectivity index (χ1v) is 9.62. The number of piperidine rings is 1. The molecule has 4 heterocycles. The molecule has 3 saturated heterocycles. The van der Waals surface area contributed by atoms with Crippen molar-refractivity contribution in [3.8, 4) is 0 Å². The minimum Gasteiger partial charge on any atom is -0.383 e. The molecule has 4 rings (SSSR count). The van der Waals surface area contributed by atoms with Gasteiger partial charge in [0.2, 0.25) is 5.91 Å². The normalized spacial score (nSPS) is 23.0. The lowest BCUT2D eigenvalue weighted by atomic mass is 9.94. The van der Waals surface area contributed by atoms with Gasteiger partial charge >= 0.3 is 0 Å². The predicted octanol–water partition coefficient (Wildman–Crippen LogP) is 1.74. The Morgan fingerprint density at radius 2 is 2.12 bits per heavy atom. The number of fused-ring (bicyclic) bond motifs is 4. The van der Waals surface area contributed by atoms with Gasteiger partial charge in [0.05, 0.1) is 18.2 Å². The van der Waals surface area contributed by atoms with Gasteiger partial charge in [-0.1, -0.05) is 13.8 Å². The van der Waals surface area contributed by atoms with E-state index in [-0.39, 0.29) is 29.7 Å². The number of nitrogens with zero attached hydrogens (tertiary/aromatic N) is 4. The summed E-state index contributed by atoms with van der Waals surface area (Å²) in [6.45, 7) is 9.04. The SMILES string of the molecule is CCn1nc(C(C)C)cc1C(=O)N1C[C@@H]2CC[C@H](C1)N(CCOC)C2=O. The summed E-state index contributed by atoms with van der Waals surface area (Å²) in [5.41, 5.74) is 1.57. The molecule has 7 heteroatoms. The molecule has 1 aromatic rings. The molecular formula is C19H30N4O3. The van der Waals surface area contributed by atoms with E-state index in [1.54, 1.807) is 11.8 Å². The summed E-state index contributed by atoms with van der Waals surface area (Å²) < 4.78 is 6.94. The number of amides is 2. The third-order valence-corrected chi connectivity index (χ3v) is 5.53. The Morgan fingerprint density at radius 3 is 2.77 bits per heavy atom. The van der Waals surface area contributed by atoms with E-state index < -0.39 is 0 Å². The summed E-state index contributed by atoms with van der Waals surface area (Å²) in [5, 5.41) is 4.57. The van der Waals surface area contributed by atoms with Gasteiger partial charge < -0.3 is 14.5 Å². The summed E-state index contributed by atoms with van der Waals surface area (Å²) in [6, 6.07) is 2.00. The molecule has 0 aromatic carbocycles. The molecule has 2 amide bonds. The van der Waals surface area contributed by atoms with Crippen LogP contribution < -0.4 is 0 Å². The van der Waals surface area contributed by atoms with Crippen LogP contribution in [0.2, 0.25) is 0 Å². The Morgan fingerprint density at radius 1 is 1.35 bits per heavy atom. The van der Waals surface area contributed by atoms with Gasteiger partial charge in [-0.3, -0.25) is 14.3 Å². The number of methoxy groups -OCH3 is 1. The van der Waals surface area contributed by atoms with E-state index in [1.165, 1.54) is 0 Å². The molecular weight excluding hydrogens is 332 g/mol. The van der Waals surface area contributed by atoms with Crippen molar-refractivity contribution >= 4 is 11.8 Å². The number of carbonyl (C=O) groups excluding carboxylic acids is 2. The predicted molar refractivity (Wildman–Crippen MR) is 98.0 cm³/mol. The van der Waals surface area contributed by atoms with Gasteiger partial charge in [0.1, 0.15) is 5.69 Å². The highest BCUT2D eigenvalue weighted by Crippen LogP contribution is 2.30. The second-order valence-corrected chi connectivity index (χ2v) is 7.59. The second kappa shape index (κ2) is 7.78. The van der Waals surface area contributed by atoms with Crippen LogP contribution in [0.1, 0.15) is 55.7 Å². The Hall–Kier alpha value is -1.89. The lowest BCUT2D eigenvalue weighted by molar-refractivity contribution is -0.140. The van der Waals surface area contributed by atoms with Crippen molar-refractivity contribution in [3.63, 3.8) is 0 Å². The molecule has 2 atom stereocenters. The summed E-state index contributed by atoms with van der Waals surface area (Å²) in [7, 11) is 1.65. The summed E-state index contributed by atoms with van der Waals surface area (Å²) >= 11 is 0. The number of ether oxygens (including phenoxy) is 1. The molecule has 2 bridgehead atoms. The van der Waals surface area contributed by atoms with Crippen LogP contribution in [0.3, 0.4) is 0 Å². The number of hydrogen-bond donors (Lipinski definition) is 0. The molecule has 3 aliphatic heterocycles. The average molecular weight is 362 g/mol. The zero-order valence-electron chi connectivity index (χ0n) is 16.3. The Kier molecular flexibility index (Phi) is 5.65. The van der Waals surface area contributed by atoms with Gasteiger partial charge in [-0.25, -0.2) is 0 Å². The zero-order chi connectivity index (χ0) is 18.8. The Bertz CT molecular complexity index is 670. The van der Waals surface area contributed by atoms with Crippen LogP contribution in [0.5, 0.6) is 0 Å². The van der Waals surface area contributed by atoms with E-state index in [4.69, 9.17) is 4.74 Å². The van der Waals surface area contributed by atoms with Gasteiger partial charge in [0, 0.05) is 39.3 Å². The lowest BCUT2D eigenvalue weighted by Crippen LogP contribution is -2.49. The number of aryl methyl sites for hydroxylation is 1. The van der Waals surface area contributed by atoms with Crippen molar-refractivity contribution in [2.45, 2.75) is 52.1 Å². The topological polar surface area (TPSA) is 67.7 Å². The van der Waals surface area contributed by atoms with Gasteiger partial charge in [-0.05, 0) is 31.7 Å². The highest BCUT2D eigenvalue weighted by atomic mass is 16.5. The van der Waals surface area contributed by atoms with Gasteiger partial charge in [-0.15, -0.1) is 0 Å². The van der Waals surface area contributed by atoms with E-state index in [2.05, 4.69) is 18.9 Å². The average Bonchev–Trinajstić information content (AvgIpc) is 2.88. The fourth-order valence-electron chi connectivity index (χ4n) is 3.98. The highest BCUT2D eigenvalue weighted by molar-refractivity contribution is 5.93. The molecule has 0 aliphatic carbocycles. The lowest BCUT2D eigenvalue weighted by Gasteiger charge is -2.35. The van der Waals surface area contributed by atoms with Gasteiger partial charge in [-0.2, -0.15) is 5.10 Å².